The van der Waals surface area contributed by atoms with Crippen LogP contribution in [0.3, 0.4) is 0 Å². The molecule has 1 aliphatic heterocycles. The third-order valence-electron chi connectivity index (χ3n) is 11.6. The van der Waals surface area contributed by atoms with Crippen LogP contribution in [-0.4, -0.2) is 140 Å². The monoisotopic (exact) mass is 846 g/mol. The average molecular weight is 846 g/mol. The average Bonchev–Trinajstić information content (AvgIpc) is 3.68. The van der Waals surface area contributed by atoms with Crippen LogP contribution in [0, 0.1) is 23.7 Å². The van der Waals surface area contributed by atoms with Crippen molar-refractivity contribution in [3.05, 3.63) is 35.9 Å². The van der Waals surface area contributed by atoms with E-state index in [2.05, 4.69) is 10.6 Å². The van der Waals surface area contributed by atoms with Crippen molar-refractivity contribution in [1.29, 1.82) is 0 Å². The second-order valence-corrected chi connectivity index (χ2v) is 17.9. The molecule has 1 aromatic rings. The zero-order valence-corrected chi connectivity index (χ0v) is 38.9. The first kappa shape index (κ1) is 51.9. The van der Waals surface area contributed by atoms with Crippen LogP contribution in [0.4, 0.5) is 4.79 Å². The van der Waals surface area contributed by atoms with E-state index in [0.29, 0.717) is 25.8 Å². The van der Waals surface area contributed by atoms with E-state index in [1.54, 1.807) is 44.5 Å². The molecule has 9 atom stereocenters. The number of hydrogen-bond acceptors (Lipinski definition) is 10. The number of rotatable bonds is 21. The molecule has 0 aliphatic carbocycles. The molecule has 1 aliphatic rings. The highest BCUT2D eigenvalue weighted by Gasteiger charge is 2.44. The van der Waals surface area contributed by atoms with Gasteiger partial charge in [0.1, 0.15) is 23.7 Å². The minimum atomic E-state index is -0.944. The third kappa shape index (κ3) is 14.2. The largest absolute Gasteiger partial charge is 0.467 e. The van der Waals surface area contributed by atoms with E-state index in [1.165, 1.54) is 33.3 Å². The predicted octanol–water partition coefficient (Wildman–Crippen LogP) is 4.84. The summed E-state index contributed by atoms with van der Waals surface area (Å²) in [6.07, 6.45) is 0.136. The van der Waals surface area contributed by atoms with Gasteiger partial charge in [0.05, 0.1) is 43.7 Å². The summed E-state index contributed by atoms with van der Waals surface area (Å²) >= 11 is 0. The Morgan fingerprint density at radius 2 is 1.47 bits per heavy atom. The first-order valence-corrected chi connectivity index (χ1v) is 21.3. The maximum atomic E-state index is 14.5. The molecule has 5 amide bonds. The molecule has 0 unspecified atom stereocenters. The predicted molar refractivity (Wildman–Crippen MR) is 230 cm³/mol. The molecule has 2 rings (SSSR count). The van der Waals surface area contributed by atoms with Crippen molar-refractivity contribution in [3.8, 4) is 0 Å². The van der Waals surface area contributed by atoms with Gasteiger partial charge in [-0.15, -0.1) is 0 Å². The van der Waals surface area contributed by atoms with Crippen molar-refractivity contribution in [3.63, 3.8) is 0 Å². The molecule has 0 spiro atoms. The fourth-order valence-corrected chi connectivity index (χ4v) is 8.14. The van der Waals surface area contributed by atoms with E-state index in [1.807, 2.05) is 71.9 Å². The highest BCUT2D eigenvalue weighted by atomic mass is 16.6. The first-order chi connectivity index (χ1) is 28.0. The number of nitrogens with zero attached hydrogens (tertiary/aromatic N) is 3. The van der Waals surface area contributed by atoms with E-state index in [9.17, 15) is 28.8 Å². The van der Waals surface area contributed by atoms with Gasteiger partial charge in [-0.1, -0.05) is 85.2 Å². The van der Waals surface area contributed by atoms with E-state index in [4.69, 9.17) is 18.9 Å². The number of carbonyl (C=O) groups is 6. The summed E-state index contributed by atoms with van der Waals surface area (Å²) in [5, 5.41) is 5.79. The molecular weight excluding hydrogens is 771 g/mol. The molecule has 0 radical (unpaired) electrons. The number of likely N-dealkylation sites (N-methyl/N-ethyl adjacent to an activating group) is 2. The number of amides is 5. The van der Waals surface area contributed by atoms with Gasteiger partial charge < -0.3 is 39.4 Å². The number of esters is 1. The lowest BCUT2D eigenvalue weighted by molar-refractivity contribution is -0.149. The molecule has 1 heterocycles. The lowest BCUT2D eigenvalue weighted by Crippen LogP contribution is -2.60. The number of benzene rings is 1. The standard InChI is InChI=1S/C45H75N5O10/c1-16-29(6)38(48(11)42(54)36(27(2)3)47-41(53)37(28(4)5)49(12)44(56)60-45(8,9)10)34(57-13)26-35(51)50-24-20-23-33(50)39(58-14)30(7)40(52)46-32(43(55)59-15)25-31-21-18-17-19-22-31/h17-19,21-22,27-30,32-34,36-39H,16,20,23-26H2,1-15H3,(H,46,52)(H,47,53)/t29-,30+,32-,33-,34-,36-,37-,38+,39-/m1/s1. The molecule has 1 aromatic carbocycles. The van der Waals surface area contributed by atoms with E-state index in [0.717, 1.165) is 5.56 Å². The number of hydrogen-bond donors (Lipinski definition) is 2. The minimum Gasteiger partial charge on any atom is -0.467 e. The Hall–Kier alpha value is -4.24. The Bertz CT molecular complexity index is 1570. The van der Waals surface area contributed by atoms with Crippen LogP contribution < -0.4 is 10.6 Å². The van der Waals surface area contributed by atoms with Crippen molar-refractivity contribution in [2.45, 2.75) is 149 Å². The Morgan fingerprint density at radius 3 is 1.97 bits per heavy atom. The van der Waals surface area contributed by atoms with E-state index in [-0.39, 0.29) is 42.4 Å². The molecule has 15 heteroatoms. The third-order valence-corrected chi connectivity index (χ3v) is 11.6. The van der Waals surface area contributed by atoms with Gasteiger partial charge in [-0.05, 0) is 56.9 Å². The number of carbonyl (C=O) groups excluding carboxylic acids is 6. The Labute approximate surface area is 358 Å². The second-order valence-electron chi connectivity index (χ2n) is 17.9. The topological polar surface area (TPSA) is 173 Å². The number of methoxy groups -OCH3 is 3. The highest BCUT2D eigenvalue weighted by Crippen LogP contribution is 2.30. The van der Waals surface area contributed by atoms with Crippen molar-refractivity contribution >= 4 is 35.7 Å². The fourth-order valence-electron chi connectivity index (χ4n) is 8.14. The summed E-state index contributed by atoms with van der Waals surface area (Å²) in [5.41, 5.74) is 0.0996. The first-order valence-electron chi connectivity index (χ1n) is 21.3. The van der Waals surface area contributed by atoms with Crippen molar-refractivity contribution in [2.24, 2.45) is 23.7 Å². The zero-order valence-electron chi connectivity index (χ0n) is 38.9. The van der Waals surface area contributed by atoms with Crippen molar-refractivity contribution in [2.75, 3.05) is 42.0 Å². The van der Waals surface area contributed by atoms with Crippen molar-refractivity contribution < 1.29 is 47.7 Å². The maximum Gasteiger partial charge on any atom is 0.410 e. The smallest absolute Gasteiger partial charge is 0.410 e. The molecule has 15 nitrogen and oxygen atoms in total. The Morgan fingerprint density at radius 1 is 0.850 bits per heavy atom. The summed E-state index contributed by atoms with van der Waals surface area (Å²) in [5.74, 6) is -3.45. The van der Waals surface area contributed by atoms with Crippen LogP contribution in [-0.2, 0) is 49.3 Å². The molecule has 0 bridgehead atoms. The van der Waals surface area contributed by atoms with Crippen LogP contribution in [0.1, 0.15) is 100 Å². The molecule has 1 saturated heterocycles. The van der Waals surface area contributed by atoms with Crippen LogP contribution in [0.2, 0.25) is 0 Å². The van der Waals surface area contributed by atoms with Gasteiger partial charge in [0, 0.05) is 41.3 Å². The lowest BCUT2D eigenvalue weighted by atomic mass is 9.89. The van der Waals surface area contributed by atoms with E-state index < -0.39 is 77.8 Å². The minimum absolute atomic E-state index is 0.0487. The summed E-state index contributed by atoms with van der Waals surface area (Å²) in [7, 11) is 7.49. The SMILES string of the molecule is CC[C@@H](C)[C@@H]([C@@H](CC(=O)N1CCC[C@@H]1[C@H](OC)[C@H](C)C(=O)N[C@H](Cc1ccccc1)C(=O)OC)OC)N(C)C(=O)[C@H](NC(=O)[C@@H](C(C)C)N(C)C(=O)OC(C)(C)C)C(C)C. The summed E-state index contributed by atoms with van der Waals surface area (Å²) in [6, 6.07) is 5.59. The molecule has 0 saturated carbocycles. The maximum absolute atomic E-state index is 14.5. The lowest BCUT2D eigenvalue weighted by Gasteiger charge is -2.41. The summed E-state index contributed by atoms with van der Waals surface area (Å²) < 4.78 is 22.5. The van der Waals surface area contributed by atoms with Crippen molar-refractivity contribution in [1.82, 2.24) is 25.3 Å². The molecule has 0 aromatic heterocycles. The van der Waals surface area contributed by atoms with Gasteiger partial charge in [-0.3, -0.25) is 24.1 Å². The Kier molecular flexibility index (Phi) is 20.5. The quantitative estimate of drug-likeness (QED) is 0.163. The molecular formula is C45H75N5O10. The van der Waals surface area contributed by atoms with Gasteiger partial charge in [0.15, 0.2) is 0 Å². The van der Waals surface area contributed by atoms with Gasteiger partial charge in [0.25, 0.3) is 0 Å². The molecule has 60 heavy (non-hydrogen) atoms. The number of ether oxygens (including phenoxy) is 4. The highest BCUT2D eigenvalue weighted by molar-refractivity contribution is 5.92. The number of likely N-dealkylation sites (tertiary alicyclic amines) is 1. The van der Waals surface area contributed by atoms with Gasteiger partial charge in [-0.2, -0.15) is 0 Å². The molecule has 2 N–H and O–H groups in total. The normalized spacial score (nSPS) is 18.4. The fraction of sp³-hybridized carbons (Fsp3) is 0.733. The van der Waals surface area contributed by atoms with Gasteiger partial charge >= 0.3 is 12.1 Å². The molecule has 1 fully saturated rings. The summed E-state index contributed by atoms with van der Waals surface area (Å²) in [4.78, 5) is 86.7. The Balaban J connectivity index is 2.31. The van der Waals surface area contributed by atoms with Crippen LogP contribution >= 0.6 is 0 Å². The van der Waals surface area contributed by atoms with Crippen LogP contribution in [0.15, 0.2) is 30.3 Å². The van der Waals surface area contributed by atoms with Gasteiger partial charge in [-0.25, -0.2) is 9.59 Å². The number of nitrogens with one attached hydrogen (secondary N) is 2. The summed E-state index contributed by atoms with van der Waals surface area (Å²) in [6.45, 7) is 18.8. The van der Waals surface area contributed by atoms with Crippen LogP contribution in [0.5, 0.6) is 0 Å². The van der Waals surface area contributed by atoms with Gasteiger partial charge in [0.2, 0.25) is 23.6 Å². The second kappa shape index (κ2) is 23.7. The van der Waals surface area contributed by atoms with Crippen LogP contribution in [0.25, 0.3) is 0 Å². The zero-order chi connectivity index (χ0) is 45.6. The van der Waals surface area contributed by atoms with E-state index >= 15 is 0 Å². The molecule has 340 valence electrons.